The van der Waals surface area contributed by atoms with E-state index < -0.39 is 34.3 Å². The summed E-state index contributed by atoms with van der Waals surface area (Å²) < 4.78 is 42.2. The Kier molecular flexibility index (Phi) is 10.4. The summed E-state index contributed by atoms with van der Waals surface area (Å²) >= 11 is 12.0. The predicted octanol–water partition coefficient (Wildman–Crippen LogP) is 5.52. The Bertz CT molecular complexity index is 1400. The first-order chi connectivity index (χ1) is 18.4. The fourth-order valence-electron chi connectivity index (χ4n) is 3.71. The second-order valence-electron chi connectivity index (χ2n) is 9.39. The maximum atomic E-state index is 13.9. The summed E-state index contributed by atoms with van der Waals surface area (Å²) in [7, 11) is -4.27. The lowest BCUT2D eigenvalue weighted by atomic mass is 10.1. The zero-order chi connectivity index (χ0) is 28.7. The SMILES string of the molecule is CC(C)CNC(=O)[C@H](C)N(Cc1ccc(Cl)cc1)C(=O)CN(c1ccc(F)c(Cl)c1)S(=O)(=O)c1ccccc1. The van der Waals surface area contributed by atoms with Gasteiger partial charge in [0, 0.05) is 18.1 Å². The molecular formula is C28H30Cl2FN3O4S. The van der Waals surface area contributed by atoms with Crippen molar-refractivity contribution in [3.63, 3.8) is 0 Å². The highest BCUT2D eigenvalue weighted by atomic mass is 35.5. The number of sulfonamides is 1. The van der Waals surface area contributed by atoms with Crippen molar-refractivity contribution in [2.75, 3.05) is 17.4 Å². The molecule has 0 aliphatic carbocycles. The Morgan fingerprint density at radius 1 is 0.949 bits per heavy atom. The molecule has 0 aliphatic rings. The van der Waals surface area contributed by atoms with Crippen molar-refractivity contribution in [2.24, 2.45) is 5.92 Å². The van der Waals surface area contributed by atoms with Gasteiger partial charge < -0.3 is 10.2 Å². The number of nitrogens with one attached hydrogen (secondary N) is 1. The zero-order valence-electron chi connectivity index (χ0n) is 21.8. The molecule has 0 fully saturated rings. The van der Waals surface area contributed by atoms with E-state index in [9.17, 15) is 22.4 Å². The summed E-state index contributed by atoms with van der Waals surface area (Å²) in [5.74, 6) is -1.56. The lowest BCUT2D eigenvalue weighted by Crippen LogP contribution is -2.51. The van der Waals surface area contributed by atoms with Crippen molar-refractivity contribution in [1.82, 2.24) is 10.2 Å². The third kappa shape index (κ3) is 7.94. The molecule has 0 saturated heterocycles. The van der Waals surface area contributed by atoms with Crippen LogP contribution in [0.1, 0.15) is 26.3 Å². The predicted molar refractivity (Wildman–Crippen MR) is 152 cm³/mol. The van der Waals surface area contributed by atoms with Gasteiger partial charge in [-0.05, 0) is 60.9 Å². The Balaban J connectivity index is 2.02. The highest BCUT2D eigenvalue weighted by Gasteiger charge is 2.32. The molecule has 0 aromatic heterocycles. The molecule has 7 nitrogen and oxygen atoms in total. The highest BCUT2D eigenvalue weighted by Crippen LogP contribution is 2.28. The first kappa shape index (κ1) is 30.4. The number of benzene rings is 3. The molecular weight excluding hydrogens is 564 g/mol. The summed E-state index contributed by atoms with van der Waals surface area (Å²) in [5.41, 5.74) is 0.695. The molecule has 11 heteroatoms. The summed E-state index contributed by atoms with van der Waals surface area (Å²) in [4.78, 5) is 28.0. The Morgan fingerprint density at radius 2 is 1.59 bits per heavy atom. The van der Waals surface area contributed by atoms with E-state index >= 15 is 0 Å². The number of hydrogen-bond acceptors (Lipinski definition) is 4. The number of anilines is 1. The minimum Gasteiger partial charge on any atom is -0.354 e. The molecule has 0 aliphatic heterocycles. The fraction of sp³-hybridized carbons (Fsp3) is 0.286. The molecule has 0 saturated carbocycles. The van der Waals surface area contributed by atoms with Crippen molar-refractivity contribution in [3.8, 4) is 0 Å². The maximum Gasteiger partial charge on any atom is 0.264 e. The van der Waals surface area contributed by atoms with Crippen molar-refractivity contribution in [2.45, 2.75) is 38.3 Å². The monoisotopic (exact) mass is 593 g/mol. The van der Waals surface area contributed by atoms with Crippen LogP contribution in [0.4, 0.5) is 10.1 Å². The van der Waals surface area contributed by atoms with E-state index in [1.165, 1.54) is 23.1 Å². The molecule has 0 bridgehead atoms. The molecule has 0 radical (unpaired) electrons. The summed E-state index contributed by atoms with van der Waals surface area (Å²) in [6.45, 7) is 5.25. The molecule has 0 unspecified atom stereocenters. The lowest BCUT2D eigenvalue weighted by molar-refractivity contribution is -0.139. The number of amides is 2. The Hall–Kier alpha value is -3.14. The van der Waals surface area contributed by atoms with Crippen LogP contribution in [0, 0.1) is 11.7 Å². The Morgan fingerprint density at radius 3 is 2.18 bits per heavy atom. The standard InChI is InChI=1S/C28H30Cl2FN3O4S/c1-19(2)16-32-28(36)20(3)33(17-21-9-11-22(29)12-10-21)27(35)18-34(23-13-14-26(31)25(30)15-23)39(37,38)24-7-5-4-6-8-24/h4-15,19-20H,16-18H2,1-3H3,(H,32,36)/t20-/m0/s1. The third-order valence-electron chi connectivity index (χ3n) is 5.92. The van der Waals surface area contributed by atoms with Gasteiger partial charge in [0.25, 0.3) is 10.0 Å². The molecule has 0 heterocycles. The third-order valence-corrected chi connectivity index (χ3v) is 8.25. The highest BCUT2D eigenvalue weighted by molar-refractivity contribution is 7.92. The minimum atomic E-state index is -4.27. The van der Waals surface area contributed by atoms with Crippen molar-refractivity contribution in [1.29, 1.82) is 0 Å². The number of carbonyl (C=O) groups excluding carboxylic acids is 2. The van der Waals surface area contributed by atoms with E-state index in [0.29, 0.717) is 17.1 Å². The van der Waals surface area contributed by atoms with Crippen LogP contribution in [-0.4, -0.2) is 44.3 Å². The van der Waals surface area contributed by atoms with E-state index in [-0.39, 0.29) is 34.0 Å². The van der Waals surface area contributed by atoms with Crippen LogP contribution in [0.5, 0.6) is 0 Å². The quantitative estimate of drug-likeness (QED) is 0.317. The summed E-state index contributed by atoms with van der Waals surface area (Å²) in [6, 6.07) is 16.8. The average Bonchev–Trinajstić information content (AvgIpc) is 2.91. The number of halogens is 3. The first-order valence-corrected chi connectivity index (χ1v) is 14.4. The molecule has 0 spiro atoms. The number of nitrogens with zero attached hydrogens (tertiary/aromatic N) is 2. The van der Waals surface area contributed by atoms with Crippen LogP contribution in [0.25, 0.3) is 0 Å². The van der Waals surface area contributed by atoms with E-state index in [4.69, 9.17) is 23.2 Å². The van der Waals surface area contributed by atoms with Gasteiger partial charge in [-0.25, -0.2) is 12.8 Å². The van der Waals surface area contributed by atoms with Crippen LogP contribution in [-0.2, 0) is 26.2 Å². The smallest absolute Gasteiger partial charge is 0.264 e. The molecule has 208 valence electrons. The molecule has 2 amide bonds. The van der Waals surface area contributed by atoms with Crippen LogP contribution >= 0.6 is 23.2 Å². The van der Waals surface area contributed by atoms with E-state index in [0.717, 1.165) is 16.4 Å². The van der Waals surface area contributed by atoms with Crippen LogP contribution in [0.2, 0.25) is 10.0 Å². The first-order valence-electron chi connectivity index (χ1n) is 12.2. The maximum absolute atomic E-state index is 13.9. The van der Waals surface area contributed by atoms with Crippen molar-refractivity contribution < 1.29 is 22.4 Å². The zero-order valence-corrected chi connectivity index (χ0v) is 24.1. The van der Waals surface area contributed by atoms with Crippen LogP contribution < -0.4 is 9.62 Å². The van der Waals surface area contributed by atoms with Crippen molar-refractivity contribution in [3.05, 3.63) is 94.2 Å². The Labute approximate surface area is 238 Å². The van der Waals surface area contributed by atoms with Gasteiger partial charge in [0.1, 0.15) is 18.4 Å². The molecule has 3 aromatic rings. The van der Waals surface area contributed by atoms with E-state index in [1.54, 1.807) is 49.4 Å². The summed E-state index contributed by atoms with van der Waals surface area (Å²) in [6.07, 6.45) is 0. The largest absolute Gasteiger partial charge is 0.354 e. The molecule has 3 rings (SSSR count). The van der Waals surface area contributed by atoms with E-state index in [1.807, 2.05) is 13.8 Å². The topological polar surface area (TPSA) is 86.8 Å². The number of carbonyl (C=O) groups is 2. The van der Waals surface area contributed by atoms with Gasteiger partial charge in [-0.2, -0.15) is 0 Å². The lowest BCUT2D eigenvalue weighted by Gasteiger charge is -2.32. The fourth-order valence-corrected chi connectivity index (χ4v) is 5.44. The van der Waals surface area contributed by atoms with Crippen LogP contribution in [0.3, 0.4) is 0 Å². The number of rotatable bonds is 11. The van der Waals surface area contributed by atoms with Gasteiger partial charge >= 0.3 is 0 Å². The molecule has 39 heavy (non-hydrogen) atoms. The van der Waals surface area contributed by atoms with Gasteiger partial charge in [-0.15, -0.1) is 0 Å². The number of hydrogen-bond donors (Lipinski definition) is 1. The van der Waals surface area contributed by atoms with Gasteiger partial charge in [0.15, 0.2) is 0 Å². The van der Waals surface area contributed by atoms with E-state index in [2.05, 4.69) is 5.32 Å². The summed E-state index contributed by atoms with van der Waals surface area (Å²) in [5, 5.41) is 3.03. The average molecular weight is 595 g/mol. The molecule has 1 atom stereocenters. The minimum absolute atomic E-state index is 0.00181. The second-order valence-corrected chi connectivity index (χ2v) is 12.1. The molecule has 1 N–H and O–H groups in total. The second kappa shape index (κ2) is 13.3. The van der Waals surface area contributed by atoms with Crippen molar-refractivity contribution >= 4 is 50.7 Å². The van der Waals surface area contributed by atoms with Gasteiger partial charge in [0.2, 0.25) is 11.8 Å². The van der Waals surface area contributed by atoms with Gasteiger partial charge in [-0.3, -0.25) is 13.9 Å². The normalized spacial score (nSPS) is 12.2. The van der Waals surface area contributed by atoms with Crippen LogP contribution in [0.15, 0.2) is 77.7 Å². The van der Waals surface area contributed by atoms with Gasteiger partial charge in [0.05, 0.1) is 15.6 Å². The van der Waals surface area contributed by atoms with Gasteiger partial charge in [-0.1, -0.05) is 67.4 Å². The molecule has 3 aromatic carbocycles.